The lowest BCUT2D eigenvalue weighted by Gasteiger charge is -2.34. The molecule has 0 atom stereocenters. The fraction of sp³-hybridized carbons (Fsp3) is 0.950. The number of aliphatic imine (C=N–C) groups is 1. The molecule has 0 aromatic carbocycles. The highest BCUT2D eigenvalue weighted by atomic mass is 15.3. The molecule has 1 aliphatic heterocycles. The van der Waals surface area contributed by atoms with E-state index in [1.54, 1.807) is 0 Å². The predicted octanol–water partition coefficient (Wildman–Crippen LogP) is 2.39. The van der Waals surface area contributed by atoms with Crippen LogP contribution in [0.4, 0.5) is 0 Å². The van der Waals surface area contributed by atoms with Gasteiger partial charge in [-0.2, -0.15) is 0 Å². The summed E-state index contributed by atoms with van der Waals surface area (Å²) >= 11 is 0. The molecule has 0 amide bonds. The summed E-state index contributed by atoms with van der Waals surface area (Å²) < 4.78 is 0. The molecule has 0 radical (unpaired) electrons. The maximum Gasteiger partial charge on any atom is 0.191 e. The molecule has 1 saturated heterocycles. The van der Waals surface area contributed by atoms with Gasteiger partial charge in [-0.3, -0.25) is 9.89 Å². The Morgan fingerprint density at radius 3 is 2.20 bits per heavy atom. The van der Waals surface area contributed by atoms with Crippen LogP contribution in [0.1, 0.15) is 53.4 Å². The second kappa shape index (κ2) is 11.0. The van der Waals surface area contributed by atoms with Crippen LogP contribution in [0.5, 0.6) is 0 Å². The van der Waals surface area contributed by atoms with Crippen molar-refractivity contribution in [2.24, 2.45) is 16.8 Å². The number of likely N-dealkylation sites (N-methyl/N-ethyl adjacent to an activating group) is 1. The second-order valence-electron chi connectivity index (χ2n) is 8.04. The fourth-order valence-corrected chi connectivity index (χ4v) is 4.08. The lowest BCUT2D eigenvalue weighted by Crippen LogP contribution is -2.47. The van der Waals surface area contributed by atoms with Gasteiger partial charge in [0.05, 0.1) is 6.54 Å². The van der Waals surface area contributed by atoms with Crippen molar-refractivity contribution in [2.45, 2.75) is 59.4 Å². The van der Waals surface area contributed by atoms with Gasteiger partial charge in [-0.05, 0) is 51.0 Å². The normalized spacial score (nSPS) is 26.8. The number of piperazine rings is 1. The molecule has 146 valence electrons. The molecule has 0 aromatic heterocycles. The average Bonchev–Trinajstić information content (AvgIpc) is 2.63. The quantitative estimate of drug-likeness (QED) is 0.546. The summed E-state index contributed by atoms with van der Waals surface area (Å²) in [7, 11) is 0. The van der Waals surface area contributed by atoms with Gasteiger partial charge in [0.15, 0.2) is 5.96 Å². The standard InChI is InChI=1S/C20H41N5/c1-5-21-20(23-19-9-7-18(8-10-19)17(3)4)22-11-12-25-15-13-24(6-2)14-16-25/h17-19H,5-16H2,1-4H3,(H2,21,22,23). The van der Waals surface area contributed by atoms with Crippen molar-refractivity contribution in [2.75, 3.05) is 52.4 Å². The van der Waals surface area contributed by atoms with Gasteiger partial charge in [0.2, 0.25) is 0 Å². The van der Waals surface area contributed by atoms with Crippen molar-refractivity contribution < 1.29 is 0 Å². The Labute approximate surface area is 155 Å². The van der Waals surface area contributed by atoms with Gasteiger partial charge < -0.3 is 15.5 Å². The van der Waals surface area contributed by atoms with Crippen LogP contribution in [0.15, 0.2) is 4.99 Å². The molecule has 5 nitrogen and oxygen atoms in total. The lowest BCUT2D eigenvalue weighted by atomic mass is 9.80. The number of hydrogen-bond donors (Lipinski definition) is 2. The van der Waals surface area contributed by atoms with E-state index < -0.39 is 0 Å². The summed E-state index contributed by atoms with van der Waals surface area (Å²) in [5.74, 6) is 2.76. The third-order valence-corrected chi connectivity index (χ3v) is 6.00. The summed E-state index contributed by atoms with van der Waals surface area (Å²) in [6, 6.07) is 0.598. The molecule has 5 heteroatoms. The van der Waals surface area contributed by atoms with Crippen LogP contribution in [-0.4, -0.2) is 74.2 Å². The van der Waals surface area contributed by atoms with Gasteiger partial charge in [-0.1, -0.05) is 20.8 Å². The first-order valence-corrected chi connectivity index (χ1v) is 10.6. The Bertz CT molecular complexity index is 380. The highest BCUT2D eigenvalue weighted by Gasteiger charge is 2.23. The molecular formula is C20H41N5. The summed E-state index contributed by atoms with van der Waals surface area (Å²) in [6.07, 6.45) is 5.28. The zero-order valence-corrected chi connectivity index (χ0v) is 17.1. The van der Waals surface area contributed by atoms with Gasteiger partial charge >= 0.3 is 0 Å². The maximum atomic E-state index is 4.83. The smallest absolute Gasteiger partial charge is 0.191 e. The van der Waals surface area contributed by atoms with E-state index in [1.807, 2.05) is 0 Å². The third kappa shape index (κ3) is 7.14. The van der Waals surface area contributed by atoms with Crippen molar-refractivity contribution in [3.05, 3.63) is 0 Å². The van der Waals surface area contributed by atoms with Gasteiger partial charge in [0.1, 0.15) is 0 Å². The van der Waals surface area contributed by atoms with Crippen molar-refractivity contribution >= 4 is 5.96 Å². The molecule has 2 rings (SSSR count). The van der Waals surface area contributed by atoms with Crippen LogP contribution >= 0.6 is 0 Å². The highest BCUT2D eigenvalue weighted by Crippen LogP contribution is 2.29. The Morgan fingerprint density at radius 2 is 1.64 bits per heavy atom. The van der Waals surface area contributed by atoms with Gasteiger partial charge in [0, 0.05) is 45.3 Å². The van der Waals surface area contributed by atoms with E-state index >= 15 is 0 Å². The van der Waals surface area contributed by atoms with Crippen LogP contribution in [0.2, 0.25) is 0 Å². The van der Waals surface area contributed by atoms with E-state index in [9.17, 15) is 0 Å². The average molecular weight is 352 g/mol. The van der Waals surface area contributed by atoms with Crippen LogP contribution in [0, 0.1) is 11.8 Å². The number of nitrogens with one attached hydrogen (secondary N) is 2. The molecule has 2 N–H and O–H groups in total. The largest absolute Gasteiger partial charge is 0.357 e. The molecule has 25 heavy (non-hydrogen) atoms. The van der Waals surface area contributed by atoms with Crippen molar-refractivity contribution in [1.82, 2.24) is 20.4 Å². The topological polar surface area (TPSA) is 42.9 Å². The summed E-state index contributed by atoms with van der Waals surface area (Å²) in [4.78, 5) is 9.91. The molecule has 1 saturated carbocycles. The number of nitrogens with zero attached hydrogens (tertiary/aromatic N) is 3. The lowest BCUT2D eigenvalue weighted by molar-refractivity contribution is 0.140. The molecule has 2 fully saturated rings. The Morgan fingerprint density at radius 1 is 1.00 bits per heavy atom. The molecule has 1 aliphatic carbocycles. The van der Waals surface area contributed by atoms with Crippen LogP contribution in [0.25, 0.3) is 0 Å². The minimum atomic E-state index is 0.598. The minimum Gasteiger partial charge on any atom is -0.357 e. The van der Waals surface area contributed by atoms with Crippen LogP contribution in [-0.2, 0) is 0 Å². The van der Waals surface area contributed by atoms with E-state index in [0.717, 1.165) is 37.4 Å². The SMILES string of the molecule is CCNC(=NCCN1CCN(CC)CC1)NC1CCC(C(C)C)CC1. The first-order valence-electron chi connectivity index (χ1n) is 10.6. The summed E-state index contributed by atoms with van der Waals surface area (Å²) in [6.45, 7) is 18.0. The third-order valence-electron chi connectivity index (χ3n) is 6.00. The van der Waals surface area contributed by atoms with E-state index in [0.29, 0.717) is 6.04 Å². The first kappa shape index (κ1) is 20.5. The van der Waals surface area contributed by atoms with Crippen LogP contribution in [0.3, 0.4) is 0 Å². The summed E-state index contributed by atoms with van der Waals surface area (Å²) in [5, 5.41) is 7.11. The molecule has 2 aliphatic rings. The van der Waals surface area contributed by atoms with Crippen molar-refractivity contribution in [3.63, 3.8) is 0 Å². The molecular weight excluding hydrogens is 310 g/mol. The number of hydrogen-bond acceptors (Lipinski definition) is 3. The highest BCUT2D eigenvalue weighted by molar-refractivity contribution is 5.80. The van der Waals surface area contributed by atoms with E-state index in [2.05, 4.69) is 48.1 Å². The Hall–Kier alpha value is -0.810. The summed E-state index contributed by atoms with van der Waals surface area (Å²) in [5.41, 5.74) is 0. The Kier molecular flexibility index (Phi) is 9.04. The van der Waals surface area contributed by atoms with Crippen LogP contribution < -0.4 is 10.6 Å². The van der Waals surface area contributed by atoms with Crippen molar-refractivity contribution in [1.29, 1.82) is 0 Å². The second-order valence-corrected chi connectivity index (χ2v) is 8.04. The van der Waals surface area contributed by atoms with E-state index in [-0.39, 0.29) is 0 Å². The zero-order chi connectivity index (χ0) is 18.1. The zero-order valence-electron chi connectivity index (χ0n) is 17.1. The minimum absolute atomic E-state index is 0.598. The fourth-order valence-electron chi connectivity index (χ4n) is 4.08. The van der Waals surface area contributed by atoms with Gasteiger partial charge in [0.25, 0.3) is 0 Å². The number of guanidine groups is 1. The molecule has 0 spiro atoms. The van der Waals surface area contributed by atoms with Crippen molar-refractivity contribution in [3.8, 4) is 0 Å². The molecule has 0 bridgehead atoms. The van der Waals surface area contributed by atoms with Gasteiger partial charge in [-0.25, -0.2) is 0 Å². The molecule has 0 unspecified atom stereocenters. The predicted molar refractivity (Wildman–Crippen MR) is 108 cm³/mol. The maximum absolute atomic E-state index is 4.83. The molecule has 0 aromatic rings. The molecule has 1 heterocycles. The monoisotopic (exact) mass is 351 g/mol. The Balaban J connectivity index is 1.71. The van der Waals surface area contributed by atoms with E-state index in [1.165, 1.54) is 58.4 Å². The van der Waals surface area contributed by atoms with E-state index in [4.69, 9.17) is 4.99 Å². The first-order chi connectivity index (χ1) is 12.1. The van der Waals surface area contributed by atoms with Gasteiger partial charge in [-0.15, -0.1) is 0 Å². The number of rotatable bonds is 7.